The molecule has 10 heteroatoms. The van der Waals surface area contributed by atoms with Crippen molar-refractivity contribution in [2.24, 2.45) is 0 Å². The molecule has 0 saturated heterocycles. The first kappa shape index (κ1) is 23.7. The molecule has 3 aromatic rings. The maximum Gasteiger partial charge on any atom is 0.350 e. The van der Waals surface area contributed by atoms with E-state index in [1.807, 2.05) is 6.07 Å². The van der Waals surface area contributed by atoms with E-state index in [1.54, 1.807) is 51.4 Å². The van der Waals surface area contributed by atoms with Crippen molar-refractivity contribution >= 4 is 33.9 Å². The molecule has 0 unspecified atom stereocenters. The second-order valence-electron chi connectivity index (χ2n) is 7.06. The molecule has 0 aliphatic heterocycles. The summed E-state index contributed by atoms with van der Waals surface area (Å²) in [6, 6.07) is 10.7. The van der Waals surface area contributed by atoms with Crippen molar-refractivity contribution in [3.63, 3.8) is 0 Å². The van der Waals surface area contributed by atoms with Crippen molar-refractivity contribution < 1.29 is 28.2 Å². The lowest BCUT2D eigenvalue weighted by atomic mass is 10.1. The molecule has 0 radical (unpaired) electrons. The van der Waals surface area contributed by atoms with Gasteiger partial charge in [-0.15, -0.1) is 11.3 Å². The molecule has 0 bridgehead atoms. The minimum Gasteiger partial charge on any atom is -0.497 e. The van der Waals surface area contributed by atoms with Gasteiger partial charge in [-0.2, -0.15) is 5.26 Å². The van der Waals surface area contributed by atoms with Crippen LogP contribution < -0.4 is 19.7 Å². The molecule has 1 N–H and O–H groups in total. The third kappa shape index (κ3) is 4.94. The molecule has 0 atom stereocenters. The monoisotopic (exact) mass is 469 g/mol. The molecule has 172 valence electrons. The van der Waals surface area contributed by atoms with Gasteiger partial charge in [0, 0.05) is 26.1 Å². The van der Waals surface area contributed by atoms with Crippen LogP contribution in [-0.4, -0.2) is 47.3 Å². The van der Waals surface area contributed by atoms with Crippen LogP contribution in [0.25, 0.3) is 0 Å². The quantitative estimate of drug-likeness (QED) is 0.494. The Bertz CT molecular complexity index is 1220. The van der Waals surface area contributed by atoms with Gasteiger partial charge in [-0.3, -0.25) is 4.79 Å². The molecular weight excluding hydrogens is 446 g/mol. The van der Waals surface area contributed by atoms with Gasteiger partial charge < -0.3 is 28.8 Å². The van der Waals surface area contributed by atoms with E-state index in [0.717, 1.165) is 16.9 Å². The van der Waals surface area contributed by atoms with Crippen LogP contribution in [0, 0.1) is 11.3 Å². The molecule has 3 rings (SSSR count). The first-order valence-electron chi connectivity index (χ1n) is 9.76. The molecule has 0 spiro atoms. The summed E-state index contributed by atoms with van der Waals surface area (Å²) in [6.45, 7) is 0. The molecular formula is C23H23N3O6S. The number of amides is 1. The Morgan fingerprint density at radius 3 is 2.52 bits per heavy atom. The molecule has 0 fully saturated rings. The van der Waals surface area contributed by atoms with E-state index in [4.69, 9.17) is 18.6 Å². The normalized spacial score (nSPS) is 10.3. The number of carbonyl (C=O) groups excluding carboxylic acids is 2. The van der Waals surface area contributed by atoms with Crippen LogP contribution in [0.15, 0.2) is 34.7 Å². The lowest BCUT2D eigenvalue weighted by Gasteiger charge is -2.10. The summed E-state index contributed by atoms with van der Waals surface area (Å²) in [7, 11) is 7.86. The third-order valence-corrected chi connectivity index (χ3v) is 6.09. The summed E-state index contributed by atoms with van der Waals surface area (Å²) in [5, 5.41) is 12.8. The Labute approximate surface area is 195 Å². The largest absolute Gasteiger partial charge is 0.497 e. The lowest BCUT2D eigenvalue weighted by Crippen LogP contribution is -2.14. The smallest absolute Gasteiger partial charge is 0.350 e. The Hall–Kier alpha value is -3.97. The summed E-state index contributed by atoms with van der Waals surface area (Å²) < 4.78 is 21.2. The number of carbonyl (C=O) groups is 2. The molecule has 2 aromatic heterocycles. The Kier molecular flexibility index (Phi) is 7.25. The number of hydrogen-bond donors (Lipinski definition) is 1. The maximum absolute atomic E-state index is 12.9. The highest BCUT2D eigenvalue weighted by atomic mass is 32.1. The number of methoxy groups -OCH3 is 3. The van der Waals surface area contributed by atoms with Crippen LogP contribution in [-0.2, 0) is 11.2 Å². The van der Waals surface area contributed by atoms with Crippen molar-refractivity contribution in [2.75, 3.05) is 45.6 Å². The number of rotatable bonds is 8. The van der Waals surface area contributed by atoms with Crippen molar-refractivity contribution in [3.8, 4) is 17.6 Å². The second kappa shape index (κ2) is 10.1. The molecule has 0 saturated carbocycles. The molecule has 0 aliphatic carbocycles. The van der Waals surface area contributed by atoms with Gasteiger partial charge >= 0.3 is 5.97 Å². The number of nitrogens with zero attached hydrogens (tertiary/aromatic N) is 2. The number of furan rings is 1. The van der Waals surface area contributed by atoms with E-state index in [2.05, 4.69) is 11.4 Å². The number of nitriles is 1. The van der Waals surface area contributed by atoms with E-state index in [1.165, 1.54) is 13.2 Å². The predicted molar refractivity (Wildman–Crippen MR) is 124 cm³/mol. The standard InChI is InChI=1S/C23H23N3O6S/c1-26(2)22-16(12-24)19(20(33-22)23(28)31-5)25-21(27)18-9-7-15(32-18)11-13-10-14(29-3)6-8-17(13)30-4/h6-10H,11H2,1-5H3,(H,25,27). The van der Waals surface area contributed by atoms with Gasteiger partial charge in [0.2, 0.25) is 0 Å². The summed E-state index contributed by atoms with van der Waals surface area (Å²) in [4.78, 5) is 26.9. The van der Waals surface area contributed by atoms with Gasteiger partial charge in [-0.25, -0.2) is 4.79 Å². The third-order valence-electron chi connectivity index (χ3n) is 4.75. The topological polar surface area (TPSA) is 114 Å². The fourth-order valence-corrected chi connectivity index (χ4v) is 4.22. The zero-order valence-corrected chi connectivity index (χ0v) is 19.7. The van der Waals surface area contributed by atoms with Crippen LogP contribution >= 0.6 is 11.3 Å². The van der Waals surface area contributed by atoms with Crippen LogP contribution in [0.4, 0.5) is 10.7 Å². The first-order chi connectivity index (χ1) is 15.8. The van der Waals surface area contributed by atoms with Crippen molar-refractivity contribution in [3.05, 3.63) is 57.9 Å². The summed E-state index contributed by atoms with van der Waals surface area (Å²) in [6.07, 6.45) is 0.369. The van der Waals surface area contributed by atoms with Crippen molar-refractivity contribution in [1.29, 1.82) is 5.26 Å². The van der Waals surface area contributed by atoms with E-state index in [9.17, 15) is 14.9 Å². The fourth-order valence-electron chi connectivity index (χ4n) is 3.17. The second-order valence-corrected chi connectivity index (χ2v) is 8.06. The minimum absolute atomic E-state index is 0.0316. The molecule has 1 amide bonds. The number of thiophene rings is 1. The van der Waals surface area contributed by atoms with Crippen molar-refractivity contribution in [1.82, 2.24) is 0 Å². The first-order valence-corrected chi connectivity index (χ1v) is 10.6. The number of esters is 1. The van der Waals surface area contributed by atoms with E-state index in [-0.39, 0.29) is 21.9 Å². The summed E-state index contributed by atoms with van der Waals surface area (Å²) in [5.74, 6) is 0.649. The van der Waals surface area contributed by atoms with Crippen LogP contribution in [0.2, 0.25) is 0 Å². The molecule has 33 heavy (non-hydrogen) atoms. The van der Waals surface area contributed by atoms with Gasteiger partial charge in [0.15, 0.2) is 5.76 Å². The average Bonchev–Trinajstić information content (AvgIpc) is 3.43. The number of anilines is 2. The minimum atomic E-state index is -0.648. The number of benzene rings is 1. The van der Waals surface area contributed by atoms with Gasteiger partial charge in [-0.05, 0) is 30.3 Å². The zero-order chi connectivity index (χ0) is 24.1. The highest BCUT2D eigenvalue weighted by Crippen LogP contribution is 2.39. The average molecular weight is 470 g/mol. The van der Waals surface area contributed by atoms with Crippen molar-refractivity contribution in [2.45, 2.75) is 6.42 Å². The Morgan fingerprint density at radius 1 is 1.15 bits per heavy atom. The lowest BCUT2D eigenvalue weighted by molar-refractivity contribution is 0.0607. The van der Waals surface area contributed by atoms with Gasteiger partial charge in [-0.1, -0.05) is 0 Å². The fraction of sp³-hybridized carbons (Fsp3) is 0.261. The van der Waals surface area contributed by atoms with Gasteiger partial charge in [0.05, 0.1) is 27.0 Å². The SMILES string of the molecule is COC(=O)c1sc(N(C)C)c(C#N)c1NC(=O)c1ccc(Cc2cc(OC)ccc2OC)o1. The van der Waals surface area contributed by atoms with E-state index >= 15 is 0 Å². The number of nitrogens with one attached hydrogen (secondary N) is 1. The van der Waals surface area contributed by atoms with Gasteiger partial charge in [0.1, 0.15) is 38.8 Å². The van der Waals surface area contributed by atoms with E-state index < -0.39 is 11.9 Å². The predicted octanol–water partition coefficient (Wildman–Crippen LogP) is 3.93. The Morgan fingerprint density at radius 2 is 1.91 bits per heavy atom. The maximum atomic E-state index is 12.9. The highest BCUT2D eigenvalue weighted by Gasteiger charge is 2.27. The molecule has 9 nitrogen and oxygen atoms in total. The number of ether oxygens (including phenoxy) is 3. The summed E-state index contributed by atoms with van der Waals surface area (Å²) in [5.41, 5.74) is 1.09. The van der Waals surface area contributed by atoms with Crippen LogP contribution in [0.5, 0.6) is 11.5 Å². The van der Waals surface area contributed by atoms with Crippen LogP contribution in [0.1, 0.15) is 37.1 Å². The Balaban J connectivity index is 1.88. The van der Waals surface area contributed by atoms with E-state index in [0.29, 0.717) is 28.7 Å². The van der Waals surface area contributed by atoms with Gasteiger partial charge in [0.25, 0.3) is 5.91 Å². The molecule has 1 aromatic carbocycles. The molecule has 2 heterocycles. The highest BCUT2D eigenvalue weighted by molar-refractivity contribution is 7.18. The van der Waals surface area contributed by atoms with Crippen LogP contribution in [0.3, 0.4) is 0 Å². The molecule has 0 aliphatic rings. The summed E-state index contributed by atoms with van der Waals surface area (Å²) >= 11 is 1.06. The zero-order valence-electron chi connectivity index (χ0n) is 18.8. The number of hydrogen-bond acceptors (Lipinski definition) is 9.